The standard InChI is InChI=1S/C14H22N2/c1-10-6-5-7-13-12(10)8-11(9-15-13)16-14(2,3)4/h5-7,11,15-16H,8-9H2,1-4H3. The van der Waals surface area contributed by atoms with E-state index in [2.05, 4.69) is 56.5 Å². The van der Waals surface area contributed by atoms with Crippen molar-refractivity contribution < 1.29 is 0 Å². The average molecular weight is 218 g/mol. The van der Waals surface area contributed by atoms with Gasteiger partial charge in [-0.05, 0) is 51.3 Å². The van der Waals surface area contributed by atoms with Gasteiger partial charge in [-0.15, -0.1) is 0 Å². The Morgan fingerprint density at radius 2 is 2.06 bits per heavy atom. The summed E-state index contributed by atoms with van der Waals surface area (Å²) >= 11 is 0. The first-order valence-electron chi connectivity index (χ1n) is 6.06. The fourth-order valence-corrected chi connectivity index (χ4v) is 2.41. The number of anilines is 1. The molecule has 1 aromatic carbocycles. The first-order chi connectivity index (χ1) is 7.46. The van der Waals surface area contributed by atoms with Crippen molar-refractivity contribution in [1.29, 1.82) is 0 Å². The van der Waals surface area contributed by atoms with Crippen molar-refractivity contribution in [2.24, 2.45) is 0 Å². The summed E-state index contributed by atoms with van der Waals surface area (Å²) in [6, 6.07) is 7.03. The second-order valence-corrected chi connectivity index (χ2v) is 5.78. The Bertz CT molecular complexity index is 377. The highest BCUT2D eigenvalue weighted by atomic mass is 15.0. The molecule has 0 aliphatic carbocycles. The molecular weight excluding hydrogens is 196 g/mol. The maximum Gasteiger partial charge on any atom is 0.0376 e. The van der Waals surface area contributed by atoms with Gasteiger partial charge in [0.2, 0.25) is 0 Å². The third-order valence-electron chi connectivity index (χ3n) is 3.04. The van der Waals surface area contributed by atoms with E-state index >= 15 is 0 Å². The van der Waals surface area contributed by atoms with Crippen molar-refractivity contribution >= 4 is 5.69 Å². The highest BCUT2D eigenvalue weighted by molar-refractivity contribution is 5.56. The van der Waals surface area contributed by atoms with E-state index in [1.807, 2.05) is 0 Å². The molecule has 1 aliphatic heterocycles. The Morgan fingerprint density at radius 3 is 2.75 bits per heavy atom. The molecular formula is C14H22N2. The maximum absolute atomic E-state index is 3.66. The molecule has 0 saturated carbocycles. The molecule has 2 heteroatoms. The molecule has 0 saturated heterocycles. The fourth-order valence-electron chi connectivity index (χ4n) is 2.41. The van der Waals surface area contributed by atoms with E-state index in [-0.39, 0.29) is 5.54 Å². The van der Waals surface area contributed by atoms with Crippen molar-refractivity contribution in [3.05, 3.63) is 29.3 Å². The zero-order valence-corrected chi connectivity index (χ0v) is 10.7. The molecule has 2 nitrogen and oxygen atoms in total. The zero-order chi connectivity index (χ0) is 11.8. The van der Waals surface area contributed by atoms with Crippen LogP contribution in [0.3, 0.4) is 0 Å². The Morgan fingerprint density at radius 1 is 1.31 bits per heavy atom. The molecule has 0 radical (unpaired) electrons. The SMILES string of the molecule is Cc1cccc2c1CC(NC(C)(C)C)CN2. The quantitative estimate of drug-likeness (QED) is 0.757. The van der Waals surface area contributed by atoms with Gasteiger partial charge in [-0.2, -0.15) is 0 Å². The summed E-state index contributed by atoms with van der Waals surface area (Å²) in [5.74, 6) is 0. The Balaban J connectivity index is 2.14. The van der Waals surface area contributed by atoms with Crippen molar-refractivity contribution in [2.75, 3.05) is 11.9 Å². The van der Waals surface area contributed by atoms with E-state index in [1.54, 1.807) is 0 Å². The Hall–Kier alpha value is -1.02. The second kappa shape index (κ2) is 4.10. The van der Waals surface area contributed by atoms with Crippen LogP contribution in [-0.2, 0) is 6.42 Å². The summed E-state index contributed by atoms with van der Waals surface area (Å²) in [5.41, 5.74) is 4.36. The Kier molecular flexibility index (Phi) is 2.94. The van der Waals surface area contributed by atoms with Crippen LogP contribution in [0.1, 0.15) is 31.9 Å². The van der Waals surface area contributed by atoms with E-state index in [9.17, 15) is 0 Å². The highest BCUT2D eigenvalue weighted by Crippen LogP contribution is 2.25. The molecule has 2 N–H and O–H groups in total. The number of benzene rings is 1. The summed E-state index contributed by atoms with van der Waals surface area (Å²) in [7, 11) is 0. The normalized spacial score (nSPS) is 20.1. The lowest BCUT2D eigenvalue weighted by Crippen LogP contribution is -2.49. The summed E-state index contributed by atoms with van der Waals surface area (Å²) in [6.07, 6.45) is 1.13. The lowest BCUT2D eigenvalue weighted by atomic mass is 9.94. The van der Waals surface area contributed by atoms with Crippen LogP contribution in [0.5, 0.6) is 0 Å². The van der Waals surface area contributed by atoms with E-state index in [4.69, 9.17) is 0 Å². The van der Waals surface area contributed by atoms with Crippen molar-refractivity contribution in [3.63, 3.8) is 0 Å². The lowest BCUT2D eigenvalue weighted by molar-refractivity contribution is 0.360. The third kappa shape index (κ3) is 2.56. The molecule has 88 valence electrons. The molecule has 0 bridgehead atoms. The van der Waals surface area contributed by atoms with E-state index in [1.165, 1.54) is 16.8 Å². The highest BCUT2D eigenvalue weighted by Gasteiger charge is 2.22. The fraction of sp³-hybridized carbons (Fsp3) is 0.571. The van der Waals surface area contributed by atoms with Gasteiger partial charge in [-0.25, -0.2) is 0 Å². The molecule has 2 rings (SSSR count). The van der Waals surface area contributed by atoms with Gasteiger partial charge in [0, 0.05) is 23.8 Å². The molecule has 1 heterocycles. The van der Waals surface area contributed by atoms with Gasteiger partial charge in [0.15, 0.2) is 0 Å². The van der Waals surface area contributed by atoms with E-state index < -0.39 is 0 Å². The van der Waals surface area contributed by atoms with Gasteiger partial charge < -0.3 is 10.6 Å². The van der Waals surface area contributed by atoms with Crippen molar-refractivity contribution in [3.8, 4) is 0 Å². The van der Waals surface area contributed by atoms with Crippen molar-refractivity contribution in [2.45, 2.75) is 45.7 Å². The van der Waals surface area contributed by atoms with E-state index in [0.717, 1.165) is 13.0 Å². The summed E-state index contributed by atoms with van der Waals surface area (Å²) in [5, 5.41) is 7.18. The number of aryl methyl sites for hydroxylation is 1. The molecule has 16 heavy (non-hydrogen) atoms. The van der Waals surface area contributed by atoms with Crippen LogP contribution in [0.25, 0.3) is 0 Å². The van der Waals surface area contributed by atoms with Gasteiger partial charge >= 0.3 is 0 Å². The topological polar surface area (TPSA) is 24.1 Å². The summed E-state index contributed by atoms with van der Waals surface area (Å²) in [6.45, 7) is 9.88. The second-order valence-electron chi connectivity index (χ2n) is 5.78. The lowest BCUT2D eigenvalue weighted by Gasteiger charge is -2.33. The average Bonchev–Trinajstić information content (AvgIpc) is 2.17. The van der Waals surface area contributed by atoms with Gasteiger partial charge in [-0.3, -0.25) is 0 Å². The monoisotopic (exact) mass is 218 g/mol. The third-order valence-corrected chi connectivity index (χ3v) is 3.04. The van der Waals surface area contributed by atoms with Crippen LogP contribution >= 0.6 is 0 Å². The van der Waals surface area contributed by atoms with Crippen LogP contribution in [0.2, 0.25) is 0 Å². The molecule has 1 aromatic rings. The van der Waals surface area contributed by atoms with Crippen molar-refractivity contribution in [1.82, 2.24) is 5.32 Å². The minimum Gasteiger partial charge on any atom is -0.383 e. The minimum atomic E-state index is 0.187. The molecule has 1 unspecified atom stereocenters. The molecule has 0 spiro atoms. The number of fused-ring (bicyclic) bond motifs is 1. The van der Waals surface area contributed by atoms with Gasteiger partial charge in [0.1, 0.15) is 0 Å². The van der Waals surface area contributed by atoms with Gasteiger partial charge in [0.05, 0.1) is 0 Å². The van der Waals surface area contributed by atoms with Gasteiger partial charge in [-0.1, -0.05) is 12.1 Å². The predicted octanol–water partition coefficient (Wildman–Crippen LogP) is 2.72. The minimum absolute atomic E-state index is 0.187. The van der Waals surface area contributed by atoms with Gasteiger partial charge in [0.25, 0.3) is 0 Å². The van der Waals surface area contributed by atoms with Crippen LogP contribution in [-0.4, -0.2) is 18.1 Å². The molecule has 0 fully saturated rings. The molecule has 1 aliphatic rings. The predicted molar refractivity (Wildman–Crippen MR) is 70.0 cm³/mol. The van der Waals surface area contributed by atoms with E-state index in [0.29, 0.717) is 6.04 Å². The van der Waals surface area contributed by atoms with Crippen LogP contribution in [0.15, 0.2) is 18.2 Å². The number of rotatable bonds is 1. The molecule has 1 atom stereocenters. The van der Waals surface area contributed by atoms with Crippen LogP contribution in [0, 0.1) is 6.92 Å². The Labute approximate surface area is 98.4 Å². The number of nitrogens with one attached hydrogen (secondary N) is 2. The first kappa shape index (κ1) is 11.5. The first-order valence-corrected chi connectivity index (χ1v) is 6.06. The largest absolute Gasteiger partial charge is 0.383 e. The molecule has 0 aromatic heterocycles. The number of hydrogen-bond acceptors (Lipinski definition) is 2. The number of hydrogen-bond donors (Lipinski definition) is 2. The van der Waals surface area contributed by atoms with Crippen LogP contribution in [0.4, 0.5) is 5.69 Å². The molecule has 0 amide bonds. The smallest absolute Gasteiger partial charge is 0.0376 e. The summed E-state index contributed by atoms with van der Waals surface area (Å²) in [4.78, 5) is 0. The zero-order valence-electron chi connectivity index (χ0n) is 10.7. The summed E-state index contributed by atoms with van der Waals surface area (Å²) < 4.78 is 0. The van der Waals surface area contributed by atoms with Crippen LogP contribution < -0.4 is 10.6 Å². The maximum atomic E-state index is 3.66.